The summed E-state index contributed by atoms with van der Waals surface area (Å²) in [6, 6.07) is 3.39. The number of carbonyl (C=O) groups is 1. The Balaban J connectivity index is 2.14. The monoisotopic (exact) mass is 319 g/mol. The van der Waals surface area contributed by atoms with Crippen LogP contribution in [0.2, 0.25) is 0 Å². The van der Waals surface area contributed by atoms with Crippen molar-refractivity contribution in [1.29, 1.82) is 0 Å². The third-order valence-corrected chi connectivity index (χ3v) is 3.25. The number of amides is 1. The van der Waals surface area contributed by atoms with Crippen LogP contribution in [0.25, 0.3) is 5.65 Å². The third kappa shape index (κ3) is 4.07. The lowest BCUT2D eigenvalue weighted by Gasteiger charge is -2.09. The molecule has 7 nitrogen and oxygen atoms in total. The molecule has 0 radical (unpaired) electrons. The van der Waals surface area contributed by atoms with E-state index in [2.05, 4.69) is 10.3 Å². The number of aromatic hydroxyl groups is 1. The second-order valence-corrected chi connectivity index (χ2v) is 5.58. The van der Waals surface area contributed by atoms with Gasteiger partial charge in [-0.15, -0.1) is 0 Å². The maximum absolute atomic E-state index is 12.4. The van der Waals surface area contributed by atoms with E-state index >= 15 is 0 Å². The summed E-state index contributed by atoms with van der Waals surface area (Å²) in [7, 11) is 0. The first-order chi connectivity index (χ1) is 10.9. The Labute approximate surface area is 133 Å². The molecule has 2 rings (SSSR count). The first-order valence-corrected chi connectivity index (χ1v) is 7.52. The molecule has 7 heteroatoms. The molecule has 0 bridgehead atoms. The average Bonchev–Trinajstić information content (AvgIpc) is 2.46. The molecule has 0 saturated heterocycles. The van der Waals surface area contributed by atoms with Crippen molar-refractivity contribution in [2.24, 2.45) is 0 Å². The molecule has 23 heavy (non-hydrogen) atoms. The Morgan fingerprint density at radius 2 is 2.22 bits per heavy atom. The molecule has 0 aliphatic heterocycles. The van der Waals surface area contributed by atoms with E-state index in [1.165, 1.54) is 10.6 Å². The fourth-order valence-electron chi connectivity index (χ4n) is 2.11. The lowest BCUT2D eigenvalue weighted by atomic mass is 10.2. The molecule has 2 N–H and O–H groups in total. The molecule has 0 atom stereocenters. The Morgan fingerprint density at radius 3 is 2.91 bits per heavy atom. The van der Waals surface area contributed by atoms with Crippen LogP contribution in [-0.2, 0) is 4.74 Å². The van der Waals surface area contributed by atoms with E-state index in [9.17, 15) is 14.7 Å². The number of nitrogens with zero attached hydrogens (tertiary/aromatic N) is 2. The van der Waals surface area contributed by atoms with Gasteiger partial charge < -0.3 is 15.2 Å². The Morgan fingerprint density at radius 1 is 1.48 bits per heavy atom. The van der Waals surface area contributed by atoms with E-state index in [1.807, 2.05) is 20.8 Å². The summed E-state index contributed by atoms with van der Waals surface area (Å²) in [5, 5.41) is 12.5. The topological polar surface area (TPSA) is 92.9 Å². The number of nitrogens with one attached hydrogen (secondary N) is 1. The van der Waals surface area contributed by atoms with E-state index in [0.717, 1.165) is 5.56 Å². The van der Waals surface area contributed by atoms with Gasteiger partial charge in [0.2, 0.25) is 5.88 Å². The van der Waals surface area contributed by atoms with Gasteiger partial charge >= 0.3 is 0 Å². The molecular weight excluding hydrogens is 298 g/mol. The molecule has 0 fully saturated rings. The number of rotatable bonds is 6. The molecule has 2 heterocycles. The predicted octanol–water partition coefficient (Wildman–Crippen LogP) is 1.25. The maximum atomic E-state index is 12.4. The maximum Gasteiger partial charge on any atom is 0.274 e. The highest BCUT2D eigenvalue weighted by Crippen LogP contribution is 2.12. The number of ether oxygens (including phenoxy) is 1. The number of carbonyl (C=O) groups excluding carboxylic acids is 1. The molecule has 2 aromatic rings. The summed E-state index contributed by atoms with van der Waals surface area (Å²) in [6.45, 7) is 6.57. The molecule has 1 amide bonds. The first-order valence-electron chi connectivity index (χ1n) is 7.52. The van der Waals surface area contributed by atoms with Crippen LogP contribution in [0, 0.1) is 6.92 Å². The standard InChI is InChI=1S/C16H21N3O4/c1-10(2)23-8-4-6-17-14(20)13-15(21)18-12-9-11(3)5-7-19(12)16(13)22/h5,7,9-10,21H,4,6,8H2,1-3H3,(H,17,20). The SMILES string of the molecule is Cc1ccn2c(=O)c(C(=O)NCCCOC(C)C)c(O)nc2c1. The normalized spacial score (nSPS) is 11.1. The van der Waals surface area contributed by atoms with Gasteiger partial charge in [0.25, 0.3) is 11.5 Å². The van der Waals surface area contributed by atoms with Gasteiger partial charge in [-0.3, -0.25) is 14.0 Å². The van der Waals surface area contributed by atoms with Crippen LogP contribution in [0.15, 0.2) is 23.1 Å². The molecule has 0 unspecified atom stereocenters. The predicted molar refractivity (Wildman–Crippen MR) is 85.9 cm³/mol. The Bertz CT molecular complexity index is 768. The fourth-order valence-corrected chi connectivity index (χ4v) is 2.11. The zero-order chi connectivity index (χ0) is 17.0. The second-order valence-electron chi connectivity index (χ2n) is 5.58. The molecule has 0 spiro atoms. The van der Waals surface area contributed by atoms with Gasteiger partial charge in [0.05, 0.1) is 6.10 Å². The number of fused-ring (bicyclic) bond motifs is 1. The molecular formula is C16H21N3O4. The third-order valence-electron chi connectivity index (χ3n) is 3.25. The highest BCUT2D eigenvalue weighted by molar-refractivity contribution is 5.96. The minimum Gasteiger partial charge on any atom is -0.493 e. The lowest BCUT2D eigenvalue weighted by molar-refractivity contribution is 0.0756. The van der Waals surface area contributed by atoms with Crippen molar-refractivity contribution in [2.45, 2.75) is 33.3 Å². The second kappa shape index (κ2) is 7.23. The summed E-state index contributed by atoms with van der Waals surface area (Å²) in [5.74, 6) is -1.20. The fraction of sp³-hybridized carbons (Fsp3) is 0.438. The summed E-state index contributed by atoms with van der Waals surface area (Å²) in [6.07, 6.45) is 2.28. The van der Waals surface area contributed by atoms with Crippen LogP contribution in [0.1, 0.15) is 36.2 Å². The van der Waals surface area contributed by atoms with Gasteiger partial charge in [-0.2, -0.15) is 4.98 Å². The zero-order valence-corrected chi connectivity index (χ0v) is 13.5. The Kier molecular flexibility index (Phi) is 5.33. The average molecular weight is 319 g/mol. The molecule has 0 aromatic carbocycles. The van der Waals surface area contributed by atoms with Crippen LogP contribution in [0.4, 0.5) is 0 Å². The van der Waals surface area contributed by atoms with E-state index in [4.69, 9.17) is 4.74 Å². The minimum absolute atomic E-state index is 0.132. The van der Waals surface area contributed by atoms with Crippen LogP contribution in [-0.4, -0.2) is 39.7 Å². The number of aromatic nitrogens is 2. The van der Waals surface area contributed by atoms with Crippen molar-refractivity contribution >= 4 is 11.6 Å². The van der Waals surface area contributed by atoms with Gasteiger partial charge in [0.1, 0.15) is 5.65 Å². The number of hydrogen-bond donors (Lipinski definition) is 2. The minimum atomic E-state index is -0.639. The van der Waals surface area contributed by atoms with Crippen LogP contribution >= 0.6 is 0 Å². The van der Waals surface area contributed by atoms with E-state index in [-0.39, 0.29) is 11.7 Å². The molecule has 0 saturated carbocycles. The van der Waals surface area contributed by atoms with Crippen LogP contribution in [0.5, 0.6) is 5.88 Å². The Hall–Kier alpha value is -2.41. The van der Waals surface area contributed by atoms with Crippen molar-refractivity contribution in [1.82, 2.24) is 14.7 Å². The van der Waals surface area contributed by atoms with Crippen molar-refractivity contribution < 1.29 is 14.6 Å². The molecule has 124 valence electrons. The van der Waals surface area contributed by atoms with Gasteiger partial charge in [0, 0.05) is 19.3 Å². The van der Waals surface area contributed by atoms with Crippen molar-refractivity contribution in [3.05, 3.63) is 39.8 Å². The molecule has 0 aliphatic rings. The molecule has 2 aromatic heterocycles. The molecule has 0 aliphatic carbocycles. The number of aryl methyl sites for hydroxylation is 1. The van der Waals surface area contributed by atoms with Crippen molar-refractivity contribution in [2.75, 3.05) is 13.2 Å². The van der Waals surface area contributed by atoms with E-state index < -0.39 is 17.3 Å². The smallest absolute Gasteiger partial charge is 0.274 e. The highest BCUT2D eigenvalue weighted by atomic mass is 16.5. The number of pyridine rings is 1. The zero-order valence-electron chi connectivity index (χ0n) is 13.5. The highest BCUT2D eigenvalue weighted by Gasteiger charge is 2.19. The summed E-state index contributed by atoms with van der Waals surface area (Å²) in [5.41, 5.74) is 0.257. The quantitative estimate of drug-likeness (QED) is 0.782. The van der Waals surface area contributed by atoms with Gasteiger partial charge in [0.15, 0.2) is 5.56 Å². The summed E-state index contributed by atoms with van der Waals surface area (Å²) >= 11 is 0. The van der Waals surface area contributed by atoms with Gasteiger partial charge in [-0.1, -0.05) is 0 Å². The van der Waals surface area contributed by atoms with Gasteiger partial charge in [-0.25, -0.2) is 0 Å². The van der Waals surface area contributed by atoms with Crippen LogP contribution < -0.4 is 10.9 Å². The summed E-state index contributed by atoms with van der Waals surface area (Å²) in [4.78, 5) is 28.4. The number of hydrogen-bond acceptors (Lipinski definition) is 5. The van der Waals surface area contributed by atoms with Crippen molar-refractivity contribution in [3.8, 4) is 5.88 Å². The first kappa shape index (κ1) is 17.0. The van der Waals surface area contributed by atoms with E-state index in [0.29, 0.717) is 25.2 Å². The van der Waals surface area contributed by atoms with E-state index in [1.54, 1.807) is 12.1 Å². The largest absolute Gasteiger partial charge is 0.493 e. The lowest BCUT2D eigenvalue weighted by Crippen LogP contribution is -2.32. The van der Waals surface area contributed by atoms with Crippen molar-refractivity contribution in [3.63, 3.8) is 0 Å². The van der Waals surface area contributed by atoms with Crippen LogP contribution in [0.3, 0.4) is 0 Å². The summed E-state index contributed by atoms with van der Waals surface area (Å²) < 4.78 is 6.61. The van der Waals surface area contributed by atoms with Gasteiger partial charge in [-0.05, 0) is 44.9 Å².